The molecule has 0 aliphatic carbocycles. The summed E-state index contributed by atoms with van der Waals surface area (Å²) < 4.78 is 5.42. The number of hydrogen-bond donors (Lipinski definition) is 1. The molecule has 2 aromatic rings. The second-order valence-electron chi connectivity index (χ2n) is 3.58. The van der Waals surface area contributed by atoms with Crippen molar-refractivity contribution in [2.24, 2.45) is 0 Å². The number of benzene rings is 1. The molecule has 0 radical (unpaired) electrons. The highest BCUT2D eigenvalue weighted by Crippen LogP contribution is 2.25. The van der Waals surface area contributed by atoms with E-state index in [-0.39, 0.29) is 0 Å². The Kier molecular flexibility index (Phi) is 2.49. The number of fused-ring (bicyclic) bond motifs is 1. The van der Waals surface area contributed by atoms with Crippen LogP contribution in [-0.2, 0) is 0 Å². The molecule has 4 nitrogen and oxygen atoms in total. The monoisotopic (exact) mass is 205 g/mol. The van der Waals surface area contributed by atoms with Crippen LogP contribution >= 0.6 is 0 Å². The van der Waals surface area contributed by atoms with Crippen molar-refractivity contribution in [1.82, 2.24) is 10.2 Å². The summed E-state index contributed by atoms with van der Waals surface area (Å²) in [6, 6.07) is 5.96. The third-order valence-corrected chi connectivity index (χ3v) is 2.25. The topological polar surface area (TPSA) is 41.1 Å². The van der Waals surface area contributed by atoms with E-state index in [1.54, 1.807) is 0 Å². The fraction of sp³-hybridized carbons (Fsp3) is 0.364. The summed E-state index contributed by atoms with van der Waals surface area (Å²) in [6.07, 6.45) is 0. The van der Waals surface area contributed by atoms with Crippen molar-refractivity contribution in [3.63, 3.8) is 0 Å². The first-order valence-electron chi connectivity index (χ1n) is 5.00. The van der Waals surface area contributed by atoms with Crippen molar-refractivity contribution in [2.75, 3.05) is 25.6 Å². The van der Waals surface area contributed by atoms with Crippen LogP contribution in [0, 0.1) is 0 Å². The number of rotatable bonds is 3. The molecule has 1 aromatic carbocycles. The number of nitrogens with one attached hydrogen (secondary N) is 1. The van der Waals surface area contributed by atoms with Crippen molar-refractivity contribution in [1.29, 1.82) is 0 Å². The maximum atomic E-state index is 5.42. The van der Waals surface area contributed by atoms with Crippen molar-refractivity contribution in [2.45, 2.75) is 6.92 Å². The first-order valence-corrected chi connectivity index (χ1v) is 5.00. The number of H-pyrrole nitrogens is 1. The Morgan fingerprint density at radius 2 is 2.20 bits per heavy atom. The van der Waals surface area contributed by atoms with Gasteiger partial charge >= 0.3 is 0 Å². The summed E-state index contributed by atoms with van der Waals surface area (Å²) in [5, 5.41) is 8.35. The van der Waals surface area contributed by atoms with Crippen LogP contribution < -0.4 is 9.64 Å². The van der Waals surface area contributed by atoms with Gasteiger partial charge in [-0.05, 0) is 19.1 Å². The number of hydrogen-bond acceptors (Lipinski definition) is 3. The molecule has 0 unspecified atom stereocenters. The lowest BCUT2D eigenvalue weighted by atomic mass is 10.2. The summed E-state index contributed by atoms with van der Waals surface area (Å²) in [6.45, 7) is 2.66. The van der Waals surface area contributed by atoms with E-state index < -0.39 is 0 Å². The van der Waals surface area contributed by atoms with Gasteiger partial charge in [0.05, 0.1) is 12.1 Å². The molecule has 0 atom stereocenters. The van der Waals surface area contributed by atoms with E-state index in [1.807, 2.05) is 44.1 Å². The molecular weight excluding hydrogens is 190 g/mol. The highest BCUT2D eigenvalue weighted by Gasteiger charge is 2.07. The maximum Gasteiger partial charge on any atom is 0.157 e. The van der Waals surface area contributed by atoms with Crippen LogP contribution in [0.3, 0.4) is 0 Å². The zero-order chi connectivity index (χ0) is 10.8. The second-order valence-corrected chi connectivity index (χ2v) is 3.58. The van der Waals surface area contributed by atoms with E-state index in [0.29, 0.717) is 6.61 Å². The third-order valence-electron chi connectivity index (χ3n) is 2.25. The Hall–Kier alpha value is -1.71. The lowest BCUT2D eigenvalue weighted by Crippen LogP contribution is -2.09. The average molecular weight is 205 g/mol. The van der Waals surface area contributed by atoms with Gasteiger partial charge in [-0.25, -0.2) is 0 Å². The number of ether oxygens (including phenoxy) is 1. The summed E-state index contributed by atoms with van der Waals surface area (Å²) in [4.78, 5) is 1.99. The zero-order valence-electron chi connectivity index (χ0n) is 9.24. The molecule has 1 aromatic heterocycles. The van der Waals surface area contributed by atoms with Crippen molar-refractivity contribution >= 4 is 16.7 Å². The van der Waals surface area contributed by atoms with Gasteiger partial charge in [-0.3, -0.25) is 5.10 Å². The number of anilines is 1. The molecule has 1 N–H and O–H groups in total. The predicted molar refractivity (Wildman–Crippen MR) is 61.6 cm³/mol. The van der Waals surface area contributed by atoms with E-state index in [1.165, 1.54) is 0 Å². The molecule has 0 saturated carbocycles. The highest BCUT2D eigenvalue weighted by molar-refractivity contribution is 5.90. The van der Waals surface area contributed by atoms with Gasteiger partial charge in [-0.2, -0.15) is 5.10 Å². The van der Waals surface area contributed by atoms with Crippen LogP contribution in [0.4, 0.5) is 5.82 Å². The molecule has 15 heavy (non-hydrogen) atoms. The molecule has 0 aliphatic rings. The Balaban J connectivity index is 2.47. The standard InChI is InChI=1S/C11H15N3O/c1-4-15-8-5-6-9-10(7-8)12-13-11(9)14(2)3/h5-7H,4H2,1-3H3,(H,12,13). The molecule has 0 spiro atoms. The van der Waals surface area contributed by atoms with Crippen LogP contribution in [0.25, 0.3) is 10.9 Å². The van der Waals surface area contributed by atoms with Gasteiger partial charge in [0, 0.05) is 25.5 Å². The Morgan fingerprint density at radius 1 is 1.40 bits per heavy atom. The molecule has 1 heterocycles. The van der Waals surface area contributed by atoms with Gasteiger partial charge < -0.3 is 9.64 Å². The van der Waals surface area contributed by atoms with Gasteiger partial charge in [0.15, 0.2) is 5.82 Å². The van der Waals surface area contributed by atoms with Gasteiger partial charge in [0.2, 0.25) is 0 Å². The third kappa shape index (κ3) is 1.75. The quantitative estimate of drug-likeness (QED) is 0.833. The number of aromatic nitrogens is 2. The summed E-state index contributed by atoms with van der Waals surface area (Å²) in [5.41, 5.74) is 1.00. The van der Waals surface area contributed by atoms with E-state index in [4.69, 9.17) is 4.74 Å². The largest absolute Gasteiger partial charge is 0.494 e. The molecule has 0 bridgehead atoms. The number of nitrogens with zero attached hydrogens (tertiary/aromatic N) is 2. The van der Waals surface area contributed by atoms with Crippen LogP contribution in [0.15, 0.2) is 18.2 Å². The van der Waals surface area contributed by atoms with Crippen molar-refractivity contribution in [3.05, 3.63) is 18.2 Å². The van der Waals surface area contributed by atoms with Crippen LogP contribution in [0.1, 0.15) is 6.92 Å². The minimum absolute atomic E-state index is 0.681. The Bertz CT molecular complexity index is 462. The minimum atomic E-state index is 0.681. The summed E-state index contributed by atoms with van der Waals surface area (Å²) in [7, 11) is 3.96. The fourth-order valence-corrected chi connectivity index (χ4v) is 1.58. The molecular formula is C11H15N3O. The molecule has 80 valence electrons. The van der Waals surface area contributed by atoms with Gasteiger partial charge in [0.25, 0.3) is 0 Å². The molecule has 0 amide bonds. The average Bonchev–Trinajstić information content (AvgIpc) is 2.61. The zero-order valence-corrected chi connectivity index (χ0v) is 9.24. The SMILES string of the molecule is CCOc1ccc2c(N(C)C)n[nH]c2c1. The minimum Gasteiger partial charge on any atom is -0.494 e. The lowest BCUT2D eigenvalue weighted by Gasteiger charge is -2.08. The van der Waals surface area contributed by atoms with Crippen molar-refractivity contribution < 1.29 is 4.74 Å². The second kappa shape index (κ2) is 3.81. The molecule has 0 aliphatic heterocycles. The molecule has 2 rings (SSSR count). The highest BCUT2D eigenvalue weighted by atomic mass is 16.5. The summed E-state index contributed by atoms with van der Waals surface area (Å²) >= 11 is 0. The van der Waals surface area contributed by atoms with Crippen LogP contribution in [0.2, 0.25) is 0 Å². The first kappa shape index (κ1) is 9.83. The normalized spacial score (nSPS) is 10.6. The van der Waals surface area contributed by atoms with E-state index >= 15 is 0 Å². The molecule has 0 fully saturated rings. The summed E-state index contributed by atoms with van der Waals surface area (Å²) in [5.74, 6) is 1.83. The van der Waals surface area contributed by atoms with Crippen molar-refractivity contribution in [3.8, 4) is 5.75 Å². The smallest absolute Gasteiger partial charge is 0.157 e. The predicted octanol–water partition coefficient (Wildman–Crippen LogP) is 2.03. The lowest BCUT2D eigenvalue weighted by molar-refractivity contribution is 0.340. The Morgan fingerprint density at radius 3 is 2.87 bits per heavy atom. The maximum absolute atomic E-state index is 5.42. The van der Waals surface area contributed by atoms with E-state index in [9.17, 15) is 0 Å². The number of aromatic amines is 1. The first-order chi connectivity index (χ1) is 7.22. The molecule has 4 heteroatoms. The Labute approximate surface area is 88.8 Å². The van der Waals surface area contributed by atoms with Gasteiger partial charge in [0.1, 0.15) is 5.75 Å². The van der Waals surface area contributed by atoms with Gasteiger partial charge in [-0.1, -0.05) is 0 Å². The van der Waals surface area contributed by atoms with Crippen LogP contribution in [-0.4, -0.2) is 30.9 Å². The van der Waals surface area contributed by atoms with Gasteiger partial charge in [-0.15, -0.1) is 0 Å². The fourth-order valence-electron chi connectivity index (χ4n) is 1.58. The van der Waals surface area contributed by atoms with Crippen LogP contribution in [0.5, 0.6) is 5.75 Å². The molecule has 0 saturated heterocycles. The van der Waals surface area contributed by atoms with E-state index in [2.05, 4.69) is 10.2 Å². The van der Waals surface area contributed by atoms with E-state index in [0.717, 1.165) is 22.5 Å².